The average Bonchev–Trinajstić information content (AvgIpc) is 2.09. The van der Waals surface area contributed by atoms with Gasteiger partial charge in [0.1, 0.15) is 0 Å². The molecule has 0 saturated carbocycles. The lowest BCUT2D eigenvalue weighted by atomic mass is 10.2. The fraction of sp³-hybridized carbons (Fsp3) is 0.143. The molecule has 0 bridgehead atoms. The van der Waals surface area contributed by atoms with Crippen LogP contribution in [-0.4, -0.2) is 0 Å². The maximum Gasteiger partial charge on any atom is 0.416 e. The number of rotatable bonds is 0. The van der Waals surface area contributed by atoms with Crippen LogP contribution in [0.1, 0.15) is 9.68 Å². The van der Waals surface area contributed by atoms with Gasteiger partial charge in [0.15, 0.2) is 0 Å². The van der Waals surface area contributed by atoms with Crippen molar-refractivity contribution in [3.8, 4) is 0 Å². The van der Waals surface area contributed by atoms with E-state index in [1.807, 2.05) is 0 Å². The van der Waals surface area contributed by atoms with Gasteiger partial charge in [-0.2, -0.15) is 13.2 Å². The quantitative estimate of drug-likeness (QED) is 0.660. The van der Waals surface area contributed by atoms with Gasteiger partial charge in [0.2, 0.25) is 0 Å². The van der Waals surface area contributed by atoms with Crippen molar-refractivity contribution in [2.75, 3.05) is 0 Å². The van der Waals surface area contributed by atoms with E-state index in [0.29, 0.717) is 0 Å². The fourth-order valence-corrected chi connectivity index (χ4v) is 0.850. The molecule has 5 heteroatoms. The Balaban J connectivity index is 3.68. The highest BCUT2D eigenvalue weighted by molar-refractivity contribution is 9.10. The van der Waals surface area contributed by atoms with E-state index in [2.05, 4.69) is 15.9 Å². The number of halogens is 5. The molecule has 12 heavy (non-hydrogen) atoms. The molecule has 0 heterocycles. The second-order valence-electron chi connectivity index (χ2n) is 1.88. The van der Waals surface area contributed by atoms with Gasteiger partial charge >= 0.3 is 6.18 Å². The highest BCUT2D eigenvalue weighted by Gasteiger charge is 2.30. The Morgan fingerprint density at radius 1 is 1.42 bits per heavy atom. The molecule has 0 radical (unpaired) electrons. The first-order chi connectivity index (χ1) is 6.68. The van der Waals surface area contributed by atoms with Crippen LogP contribution in [0.15, 0.2) is 22.6 Å². The third-order valence-electron chi connectivity index (χ3n) is 1.01. The van der Waals surface area contributed by atoms with Gasteiger partial charge in [-0.05, 0) is 34.1 Å². The summed E-state index contributed by atoms with van der Waals surface area (Å²) in [5.41, 5.74) is -1.49. The van der Waals surface area contributed by atoms with Crippen molar-refractivity contribution >= 4 is 27.5 Å². The van der Waals surface area contributed by atoms with Crippen molar-refractivity contribution < 1.29 is 17.3 Å². The van der Waals surface area contributed by atoms with Crippen molar-refractivity contribution in [2.24, 2.45) is 0 Å². The van der Waals surface area contributed by atoms with Crippen LogP contribution in [0.4, 0.5) is 13.2 Å². The van der Waals surface area contributed by atoms with E-state index in [9.17, 15) is 13.2 Å². The van der Waals surface area contributed by atoms with Crippen molar-refractivity contribution in [1.82, 2.24) is 0 Å². The molecule has 1 aromatic carbocycles. The van der Waals surface area contributed by atoms with Crippen LogP contribution in [-0.2, 0) is 6.18 Å². The Morgan fingerprint density at radius 2 is 2.00 bits per heavy atom. The second kappa shape index (κ2) is 3.26. The van der Waals surface area contributed by atoms with E-state index in [1.165, 1.54) is 0 Å². The molecular weight excluding hydrogens is 256 g/mol. The first-order valence-corrected chi connectivity index (χ1v) is 3.87. The first kappa shape index (κ1) is 6.27. The molecule has 0 aliphatic carbocycles. The van der Waals surface area contributed by atoms with Crippen LogP contribution in [0.5, 0.6) is 0 Å². The number of hydrogen-bond donors (Lipinski definition) is 0. The molecule has 0 aliphatic heterocycles. The number of hydrogen-bond acceptors (Lipinski definition) is 0. The summed E-state index contributed by atoms with van der Waals surface area (Å²) in [5, 5.41) is -0.511. The van der Waals surface area contributed by atoms with Gasteiger partial charge in [-0.25, -0.2) is 0 Å². The zero-order chi connectivity index (χ0) is 12.0. The molecule has 0 unspecified atom stereocenters. The summed E-state index contributed by atoms with van der Waals surface area (Å²) in [6, 6.07) is -2.72. The van der Waals surface area contributed by atoms with Gasteiger partial charge in [0.05, 0.1) is 14.7 Å². The van der Waals surface area contributed by atoms with E-state index in [-0.39, 0.29) is 4.47 Å². The largest absolute Gasteiger partial charge is 0.416 e. The summed E-state index contributed by atoms with van der Waals surface area (Å²) in [5.74, 6) is 0. The lowest BCUT2D eigenvalue weighted by Gasteiger charge is -2.06. The second-order valence-corrected chi connectivity index (χ2v) is 3.05. The zero-order valence-electron chi connectivity index (χ0n) is 8.39. The monoisotopic (exact) mass is 261 g/mol. The number of alkyl halides is 3. The SMILES string of the molecule is [2H]c1c([2H])c(C(F)(F)F)c([2H])c(Cl)c1Br. The molecule has 1 aromatic rings. The smallest absolute Gasteiger partial charge is 0.166 e. The van der Waals surface area contributed by atoms with Crippen LogP contribution in [0.3, 0.4) is 0 Å². The average molecular weight is 262 g/mol. The summed E-state index contributed by atoms with van der Waals surface area (Å²) in [4.78, 5) is 0. The summed E-state index contributed by atoms with van der Waals surface area (Å²) < 4.78 is 58.5. The molecule has 0 fully saturated rings. The predicted molar refractivity (Wildman–Crippen MR) is 44.2 cm³/mol. The summed E-state index contributed by atoms with van der Waals surface area (Å²) in [6.07, 6.45) is -4.85. The summed E-state index contributed by atoms with van der Waals surface area (Å²) in [6.45, 7) is 0. The Labute approximate surface area is 84.7 Å². The third-order valence-corrected chi connectivity index (χ3v) is 2.11. The summed E-state index contributed by atoms with van der Waals surface area (Å²) in [7, 11) is 0. The van der Waals surface area contributed by atoms with Crippen LogP contribution >= 0.6 is 27.5 Å². The Bertz CT molecular complexity index is 390. The maximum absolute atomic E-state index is 12.4. The zero-order valence-corrected chi connectivity index (χ0v) is 7.73. The minimum atomic E-state index is -4.85. The van der Waals surface area contributed by atoms with E-state index >= 15 is 0 Å². The first-order valence-electron chi connectivity index (χ1n) is 4.19. The van der Waals surface area contributed by atoms with E-state index in [0.717, 1.165) is 0 Å². The Kier molecular flexibility index (Phi) is 1.70. The van der Waals surface area contributed by atoms with Crippen molar-refractivity contribution in [3.63, 3.8) is 0 Å². The summed E-state index contributed by atoms with van der Waals surface area (Å²) >= 11 is 8.18. The standard InChI is InChI=1S/C7H3BrClF3/c8-5-2-1-4(3-6(5)9)7(10,11)12/h1-3H/i1D,2D,3D. The fourth-order valence-electron chi connectivity index (χ4n) is 0.510. The van der Waals surface area contributed by atoms with Crippen molar-refractivity contribution in [2.45, 2.75) is 6.18 Å². The van der Waals surface area contributed by atoms with Crippen LogP contribution < -0.4 is 0 Å². The normalized spacial score (nSPS) is 15.2. The van der Waals surface area contributed by atoms with Gasteiger partial charge in [-0.15, -0.1) is 0 Å². The molecule has 0 amide bonds. The Hall–Kier alpha value is -0.220. The van der Waals surface area contributed by atoms with E-state index in [4.69, 9.17) is 15.7 Å². The lowest BCUT2D eigenvalue weighted by molar-refractivity contribution is -0.137. The maximum atomic E-state index is 12.4. The van der Waals surface area contributed by atoms with Gasteiger partial charge in [-0.3, -0.25) is 0 Å². The third kappa shape index (κ3) is 2.14. The number of benzene rings is 1. The molecule has 0 nitrogen and oxygen atoms in total. The van der Waals surface area contributed by atoms with Crippen LogP contribution in [0, 0.1) is 0 Å². The molecular formula is C7H3BrClF3. The van der Waals surface area contributed by atoms with Gasteiger partial charge in [0, 0.05) is 4.47 Å². The highest BCUT2D eigenvalue weighted by Crippen LogP contribution is 2.33. The lowest BCUT2D eigenvalue weighted by Crippen LogP contribution is -2.04. The molecule has 0 saturated heterocycles. The topological polar surface area (TPSA) is 0 Å². The molecule has 0 aliphatic rings. The molecule has 0 aromatic heterocycles. The van der Waals surface area contributed by atoms with E-state index < -0.39 is 34.9 Å². The van der Waals surface area contributed by atoms with Gasteiger partial charge in [0.25, 0.3) is 0 Å². The minimum Gasteiger partial charge on any atom is -0.166 e. The van der Waals surface area contributed by atoms with Crippen LogP contribution in [0.25, 0.3) is 0 Å². The highest BCUT2D eigenvalue weighted by atomic mass is 79.9. The van der Waals surface area contributed by atoms with Crippen molar-refractivity contribution in [1.29, 1.82) is 0 Å². The van der Waals surface area contributed by atoms with Gasteiger partial charge < -0.3 is 0 Å². The van der Waals surface area contributed by atoms with Crippen LogP contribution in [0.2, 0.25) is 5.02 Å². The van der Waals surface area contributed by atoms with E-state index in [1.54, 1.807) is 0 Å². The predicted octanol–water partition coefficient (Wildman–Crippen LogP) is 4.12. The Morgan fingerprint density at radius 3 is 2.50 bits per heavy atom. The molecule has 0 spiro atoms. The molecule has 66 valence electrons. The van der Waals surface area contributed by atoms with Crippen molar-refractivity contribution in [3.05, 3.63) is 33.2 Å². The minimum absolute atomic E-state index is 0.174. The molecule has 0 N–H and O–H groups in total. The van der Waals surface area contributed by atoms with Gasteiger partial charge in [-0.1, -0.05) is 11.6 Å². The molecule has 0 atom stereocenters. The molecule has 1 rings (SSSR count).